The van der Waals surface area contributed by atoms with Crippen LogP contribution in [0, 0.1) is 0 Å². The highest BCUT2D eigenvalue weighted by molar-refractivity contribution is 7.92. The standard InChI is InChI=1S/C27H29ClN2O4S2/c1-34-17-5-15-29(36(32,33)19-14-21-6-3-2-4-7-21)20-26(31)30-16-12-25-24(13-18-35-25)27(30)22-8-10-23(28)11-9-22/h2-4,6-11,13-14,18-19,27H,5,12,15-17,20H2,1H3. The van der Waals surface area contributed by atoms with Crippen molar-refractivity contribution in [2.75, 3.05) is 33.4 Å². The molecule has 1 aromatic heterocycles. The number of carbonyl (C=O) groups is 1. The molecule has 2 aromatic carbocycles. The molecule has 2 heterocycles. The molecule has 0 radical (unpaired) electrons. The summed E-state index contributed by atoms with van der Waals surface area (Å²) in [6.07, 6.45) is 2.78. The van der Waals surface area contributed by atoms with E-state index in [9.17, 15) is 13.2 Å². The number of methoxy groups -OCH3 is 1. The Hall–Kier alpha value is -2.49. The monoisotopic (exact) mass is 544 g/mol. The van der Waals surface area contributed by atoms with Crippen LogP contribution in [-0.4, -0.2) is 56.9 Å². The van der Waals surface area contributed by atoms with E-state index < -0.39 is 10.0 Å². The normalized spacial score (nSPS) is 16.0. The van der Waals surface area contributed by atoms with Gasteiger partial charge in [-0.2, -0.15) is 4.31 Å². The van der Waals surface area contributed by atoms with Gasteiger partial charge in [-0.15, -0.1) is 11.3 Å². The zero-order chi connectivity index (χ0) is 25.5. The first-order valence-corrected chi connectivity index (χ1v) is 14.5. The van der Waals surface area contributed by atoms with Gasteiger partial charge in [-0.25, -0.2) is 8.42 Å². The van der Waals surface area contributed by atoms with Crippen LogP contribution in [0.15, 0.2) is 71.5 Å². The number of fused-ring (bicyclic) bond motifs is 1. The molecule has 1 aliphatic heterocycles. The summed E-state index contributed by atoms with van der Waals surface area (Å²) in [5.41, 5.74) is 2.80. The van der Waals surface area contributed by atoms with Gasteiger partial charge in [0.05, 0.1) is 12.6 Å². The summed E-state index contributed by atoms with van der Waals surface area (Å²) < 4.78 is 32.9. The quantitative estimate of drug-likeness (QED) is 0.328. The van der Waals surface area contributed by atoms with E-state index in [2.05, 4.69) is 6.07 Å². The van der Waals surface area contributed by atoms with Crippen molar-refractivity contribution >= 4 is 44.9 Å². The van der Waals surface area contributed by atoms with Crippen molar-refractivity contribution in [3.63, 3.8) is 0 Å². The van der Waals surface area contributed by atoms with Crippen LogP contribution >= 0.6 is 22.9 Å². The van der Waals surface area contributed by atoms with E-state index in [4.69, 9.17) is 16.3 Å². The number of rotatable bonds is 10. The van der Waals surface area contributed by atoms with Crippen molar-refractivity contribution in [2.24, 2.45) is 0 Å². The predicted molar refractivity (Wildman–Crippen MR) is 145 cm³/mol. The van der Waals surface area contributed by atoms with Gasteiger partial charge in [-0.1, -0.05) is 54.1 Å². The molecule has 0 N–H and O–H groups in total. The Labute approximate surface area is 221 Å². The average molecular weight is 545 g/mol. The van der Waals surface area contributed by atoms with E-state index in [1.807, 2.05) is 60.0 Å². The molecular weight excluding hydrogens is 516 g/mol. The van der Waals surface area contributed by atoms with E-state index in [0.29, 0.717) is 24.6 Å². The summed E-state index contributed by atoms with van der Waals surface area (Å²) >= 11 is 7.80. The molecule has 1 amide bonds. The first-order chi connectivity index (χ1) is 17.4. The molecule has 0 fully saturated rings. The smallest absolute Gasteiger partial charge is 0.238 e. The number of hydrogen-bond donors (Lipinski definition) is 0. The second-order valence-electron chi connectivity index (χ2n) is 8.53. The fraction of sp³-hybridized carbons (Fsp3) is 0.296. The minimum atomic E-state index is -3.84. The maximum atomic E-state index is 13.7. The molecule has 6 nitrogen and oxygen atoms in total. The van der Waals surface area contributed by atoms with Gasteiger partial charge in [0.15, 0.2) is 0 Å². The maximum absolute atomic E-state index is 13.7. The first kappa shape index (κ1) is 26.6. The number of sulfonamides is 1. The van der Waals surface area contributed by atoms with Gasteiger partial charge in [0.2, 0.25) is 15.9 Å². The number of thiophene rings is 1. The highest BCUT2D eigenvalue weighted by Crippen LogP contribution is 2.38. The molecule has 36 heavy (non-hydrogen) atoms. The fourth-order valence-electron chi connectivity index (χ4n) is 4.33. The van der Waals surface area contributed by atoms with Crippen LogP contribution in [0.5, 0.6) is 0 Å². The summed E-state index contributed by atoms with van der Waals surface area (Å²) in [5.74, 6) is -0.235. The molecule has 9 heteroatoms. The number of benzene rings is 2. The molecule has 1 aliphatic rings. The molecule has 0 bridgehead atoms. The van der Waals surface area contributed by atoms with E-state index >= 15 is 0 Å². The number of halogens is 1. The molecule has 190 valence electrons. The van der Waals surface area contributed by atoms with Crippen molar-refractivity contribution in [2.45, 2.75) is 18.9 Å². The molecule has 0 aliphatic carbocycles. The Morgan fingerprint density at radius 3 is 2.64 bits per heavy atom. The van der Waals surface area contributed by atoms with Crippen molar-refractivity contribution < 1.29 is 17.9 Å². The molecule has 0 saturated carbocycles. The highest BCUT2D eigenvalue weighted by atomic mass is 35.5. The van der Waals surface area contributed by atoms with Gasteiger partial charge < -0.3 is 9.64 Å². The van der Waals surface area contributed by atoms with Crippen molar-refractivity contribution in [1.82, 2.24) is 9.21 Å². The van der Waals surface area contributed by atoms with Gasteiger partial charge >= 0.3 is 0 Å². The Balaban J connectivity index is 1.59. The number of amides is 1. The Bertz CT molecular complexity index is 1290. The summed E-state index contributed by atoms with van der Waals surface area (Å²) in [5, 5.41) is 3.84. The second-order valence-corrected chi connectivity index (χ2v) is 11.8. The highest BCUT2D eigenvalue weighted by Gasteiger charge is 2.34. The number of carbonyl (C=O) groups excluding carboxylic acids is 1. The summed E-state index contributed by atoms with van der Waals surface area (Å²) in [6, 6.07) is 18.5. The van der Waals surface area contributed by atoms with Gasteiger partial charge in [0.1, 0.15) is 0 Å². The van der Waals surface area contributed by atoms with Crippen LogP contribution in [0.3, 0.4) is 0 Å². The lowest BCUT2D eigenvalue weighted by atomic mass is 9.93. The van der Waals surface area contributed by atoms with Crippen LogP contribution in [0.1, 0.15) is 34.0 Å². The number of nitrogens with zero attached hydrogens (tertiary/aromatic N) is 2. The molecule has 4 rings (SSSR count). The predicted octanol–water partition coefficient (Wildman–Crippen LogP) is 5.21. The largest absolute Gasteiger partial charge is 0.385 e. The molecular formula is C27H29ClN2O4S2. The molecule has 0 saturated heterocycles. The lowest BCUT2D eigenvalue weighted by molar-refractivity contribution is -0.133. The van der Waals surface area contributed by atoms with Crippen molar-refractivity contribution in [3.05, 3.63) is 98.0 Å². The Morgan fingerprint density at radius 2 is 1.92 bits per heavy atom. The van der Waals surface area contributed by atoms with Crippen molar-refractivity contribution in [3.8, 4) is 0 Å². The van der Waals surface area contributed by atoms with Gasteiger partial charge in [0.25, 0.3) is 0 Å². The lowest BCUT2D eigenvalue weighted by Crippen LogP contribution is -2.46. The zero-order valence-corrected chi connectivity index (χ0v) is 22.4. The fourth-order valence-corrected chi connectivity index (χ4v) is 6.53. The van der Waals surface area contributed by atoms with Gasteiger partial charge in [0, 0.05) is 42.1 Å². The third kappa shape index (κ3) is 6.44. The van der Waals surface area contributed by atoms with E-state index in [1.165, 1.54) is 14.6 Å². The third-order valence-electron chi connectivity index (χ3n) is 6.13. The summed E-state index contributed by atoms with van der Waals surface area (Å²) in [7, 11) is -2.27. The van der Waals surface area contributed by atoms with Crippen LogP contribution in [0.4, 0.5) is 0 Å². The maximum Gasteiger partial charge on any atom is 0.238 e. The lowest BCUT2D eigenvalue weighted by Gasteiger charge is -2.37. The van der Waals surface area contributed by atoms with Crippen LogP contribution in [-0.2, 0) is 26.0 Å². The zero-order valence-electron chi connectivity index (χ0n) is 20.0. The Morgan fingerprint density at radius 1 is 1.17 bits per heavy atom. The number of ether oxygens (including phenoxy) is 1. The number of hydrogen-bond acceptors (Lipinski definition) is 5. The van der Waals surface area contributed by atoms with E-state index in [1.54, 1.807) is 29.4 Å². The van der Waals surface area contributed by atoms with Crippen LogP contribution in [0.2, 0.25) is 5.02 Å². The van der Waals surface area contributed by atoms with Gasteiger partial charge in [-0.3, -0.25) is 4.79 Å². The Kier molecular flexibility index (Phi) is 8.98. The van der Waals surface area contributed by atoms with Crippen molar-refractivity contribution in [1.29, 1.82) is 0 Å². The van der Waals surface area contributed by atoms with Gasteiger partial charge in [-0.05, 0) is 59.2 Å². The van der Waals surface area contributed by atoms with E-state index in [0.717, 1.165) is 23.1 Å². The van der Waals surface area contributed by atoms with Crippen LogP contribution in [0.25, 0.3) is 6.08 Å². The minimum Gasteiger partial charge on any atom is -0.385 e. The minimum absolute atomic E-state index is 0.185. The topological polar surface area (TPSA) is 66.9 Å². The summed E-state index contributed by atoms with van der Waals surface area (Å²) in [6.45, 7) is 0.863. The summed E-state index contributed by atoms with van der Waals surface area (Å²) in [4.78, 5) is 16.7. The molecule has 1 unspecified atom stereocenters. The molecule has 0 spiro atoms. The SMILES string of the molecule is COCCCN(CC(=O)N1CCc2sccc2C1c1ccc(Cl)cc1)S(=O)(=O)C=Cc1ccccc1. The van der Waals surface area contributed by atoms with Crippen LogP contribution < -0.4 is 0 Å². The van der Waals surface area contributed by atoms with E-state index in [-0.39, 0.29) is 25.0 Å². The molecule has 3 aromatic rings. The third-order valence-corrected chi connectivity index (χ3v) is 8.89. The molecule has 1 atom stereocenters. The first-order valence-electron chi connectivity index (χ1n) is 11.7. The average Bonchev–Trinajstić information content (AvgIpc) is 3.37. The second kappa shape index (κ2) is 12.2.